The number of anilines is 1. The van der Waals surface area contributed by atoms with Gasteiger partial charge in [0.15, 0.2) is 0 Å². The van der Waals surface area contributed by atoms with Crippen LogP contribution in [0.15, 0.2) is 0 Å². The van der Waals surface area contributed by atoms with Crippen LogP contribution in [-0.2, 0) is 16.0 Å². The van der Waals surface area contributed by atoms with Gasteiger partial charge in [0.25, 0.3) is 0 Å². The summed E-state index contributed by atoms with van der Waals surface area (Å²) >= 11 is 1.06. The summed E-state index contributed by atoms with van der Waals surface area (Å²) in [7, 11) is 0. The molecule has 0 fully saturated rings. The molecule has 0 spiro atoms. The summed E-state index contributed by atoms with van der Waals surface area (Å²) in [6.07, 6.45) is 0. The molecule has 0 amide bonds. The quantitative estimate of drug-likeness (QED) is 0.780. The molecule has 3 N–H and O–H groups in total. The Bertz CT molecular complexity index is 546. The first kappa shape index (κ1) is 18.4. The third kappa shape index (κ3) is 4.71. The van der Waals surface area contributed by atoms with Crippen molar-refractivity contribution < 1.29 is 19.1 Å². The monoisotopic (exact) mass is 328 g/mol. The van der Waals surface area contributed by atoms with Crippen LogP contribution in [0.4, 0.5) is 5.00 Å². The Morgan fingerprint density at radius 2 is 1.68 bits per heavy atom. The molecule has 124 valence electrons. The van der Waals surface area contributed by atoms with E-state index in [0.717, 1.165) is 11.3 Å². The van der Waals surface area contributed by atoms with E-state index in [4.69, 9.17) is 15.2 Å². The smallest absolute Gasteiger partial charge is 0.348 e. The first-order valence-corrected chi connectivity index (χ1v) is 8.03. The van der Waals surface area contributed by atoms with Gasteiger partial charge in [0.2, 0.25) is 0 Å². The van der Waals surface area contributed by atoms with Gasteiger partial charge in [0, 0.05) is 17.6 Å². The van der Waals surface area contributed by atoms with Crippen molar-refractivity contribution in [2.24, 2.45) is 0 Å². The number of ether oxygens (including phenoxy) is 2. The second kappa shape index (κ2) is 7.60. The summed E-state index contributed by atoms with van der Waals surface area (Å²) in [5.74, 6) is -0.988. The zero-order valence-corrected chi connectivity index (χ0v) is 14.6. The zero-order chi connectivity index (χ0) is 16.9. The lowest BCUT2D eigenvalue weighted by Crippen LogP contribution is -2.35. The van der Waals surface area contributed by atoms with E-state index in [0.29, 0.717) is 17.0 Å². The number of carbonyl (C=O) groups is 2. The van der Waals surface area contributed by atoms with Gasteiger partial charge in [-0.15, -0.1) is 11.3 Å². The molecule has 0 saturated heterocycles. The highest BCUT2D eigenvalue weighted by atomic mass is 32.1. The molecule has 1 aromatic heterocycles. The highest BCUT2D eigenvalue weighted by molar-refractivity contribution is 7.18. The van der Waals surface area contributed by atoms with E-state index < -0.39 is 11.9 Å². The molecule has 0 unspecified atom stereocenters. The van der Waals surface area contributed by atoms with E-state index in [2.05, 4.69) is 5.32 Å². The second-order valence-electron chi connectivity index (χ2n) is 5.69. The Hall–Kier alpha value is -1.60. The number of hydrogen-bond acceptors (Lipinski definition) is 7. The molecule has 1 heterocycles. The Kier molecular flexibility index (Phi) is 6.37. The number of hydrogen-bond donors (Lipinski definition) is 2. The van der Waals surface area contributed by atoms with Gasteiger partial charge in [0.05, 0.1) is 18.8 Å². The molecule has 7 heteroatoms. The molecule has 1 rings (SSSR count). The lowest BCUT2D eigenvalue weighted by Gasteiger charge is -2.21. The fraction of sp³-hybridized carbons (Fsp3) is 0.600. The third-order valence-electron chi connectivity index (χ3n) is 2.77. The van der Waals surface area contributed by atoms with Crippen molar-refractivity contribution in [3.8, 4) is 0 Å². The van der Waals surface area contributed by atoms with Crippen molar-refractivity contribution in [3.63, 3.8) is 0 Å². The van der Waals surface area contributed by atoms with Crippen molar-refractivity contribution in [2.45, 2.75) is 46.7 Å². The molecule has 6 nitrogen and oxygen atoms in total. The number of carbonyl (C=O) groups excluding carboxylic acids is 2. The lowest BCUT2D eigenvalue weighted by molar-refractivity contribution is 0.0526. The fourth-order valence-corrected chi connectivity index (χ4v) is 2.76. The number of nitrogens with one attached hydrogen (secondary N) is 1. The largest absolute Gasteiger partial charge is 0.462 e. The van der Waals surface area contributed by atoms with Crippen LogP contribution >= 0.6 is 11.3 Å². The minimum Gasteiger partial charge on any atom is -0.462 e. The summed E-state index contributed by atoms with van der Waals surface area (Å²) in [6, 6.07) is 0. The maximum absolute atomic E-state index is 12.1. The normalized spacial score (nSPS) is 11.3. The molecule has 0 aliphatic carbocycles. The summed E-state index contributed by atoms with van der Waals surface area (Å²) < 4.78 is 10.1. The van der Waals surface area contributed by atoms with Crippen LogP contribution in [0.3, 0.4) is 0 Å². The zero-order valence-electron chi connectivity index (χ0n) is 13.7. The summed E-state index contributed by atoms with van der Waals surface area (Å²) in [5.41, 5.74) is 6.55. The number of nitrogen functional groups attached to an aromatic ring is 1. The van der Waals surface area contributed by atoms with Crippen LogP contribution in [0.25, 0.3) is 0 Å². The maximum Gasteiger partial charge on any atom is 0.348 e. The van der Waals surface area contributed by atoms with Gasteiger partial charge in [-0.3, -0.25) is 0 Å². The summed E-state index contributed by atoms with van der Waals surface area (Å²) in [5, 5.41) is 3.53. The van der Waals surface area contributed by atoms with Gasteiger partial charge in [-0.25, -0.2) is 9.59 Å². The molecule has 0 radical (unpaired) electrons. The van der Waals surface area contributed by atoms with Crippen molar-refractivity contribution in [1.29, 1.82) is 0 Å². The van der Waals surface area contributed by atoms with Gasteiger partial charge in [-0.05, 0) is 34.6 Å². The Labute approximate surface area is 135 Å². The summed E-state index contributed by atoms with van der Waals surface area (Å²) in [6.45, 7) is 10.3. The molecule has 0 aliphatic rings. The number of thiophene rings is 1. The number of rotatable bonds is 6. The van der Waals surface area contributed by atoms with Crippen molar-refractivity contribution >= 4 is 28.3 Å². The standard InChI is InChI=1S/C15H24N2O4S/c1-6-20-13(18)10-9(8-17-15(3,4)5)11(22-12(10)16)14(19)21-7-2/h17H,6-8,16H2,1-5H3. The number of esters is 2. The minimum atomic E-state index is -0.516. The Balaban J connectivity index is 3.24. The number of nitrogens with two attached hydrogens (primary N) is 1. The Morgan fingerprint density at radius 3 is 2.18 bits per heavy atom. The van der Waals surface area contributed by atoms with E-state index in [1.165, 1.54) is 0 Å². The van der Waals surface area contributed by atoms with Gasteiger partial charge >= 0.3 is 11.9 Å². The van der Waals surface area contributed by atoms with Crippen LogP contribution < -0.4 is 11.1 Å². The van der Waals surface area contributed by atoms with Gasteiger partial charge in [-0.1, -0.05) is 0 Å². The predicted molar refractivity (Wildman–Crippen MR) is 87.2 cm³/mol. The van der Waals surface area contributed by atoms with Crippen molar-refractivity contribution in [3.05, 3.63) is 16.0 Å². The van der Waals surface area contributed by atoms with Gasteiger partial charge in [0.1, 0.15) is 9.88 Å². The van der Waals surface area contributed by atoms with E-state index >= 15 is 0 Å². The fourth-order valence-electron chi connectivity index (χ4n) is 1.80. The minimum absolute atomic E-state index is 0.172. The topological polar surface area (TPSA) is 90.7 Å². The first-order chi connectivity index (χ1) is 10.2. The highest BCUT2D eigenvalue weighted by Gasteiger charge is 2.28. The molecule has 0 atom stereocenters. The molecule has 22 heavy (non-hydrogen) atoms. The molecule has 0 bridgehead atoms. The van der Waals surface area contributed by atoms with Crippen molar-refractivity contribution in [1.82, 2.24) is 5.32 Å². The molecule has 0 saturated carbocycles. The van der Waals surface area contributed by atoms with Crippen LogP contribution in [0.5, 0.6) is 0 Å². The molecule has 0 aromatic carbocycles. The third-order valence-corrected chi connectivity index (χ3v) is 3.81. The molecule has 0 aliphatic heterocycles. The van der Waals surface area contributed by atoms with Crippen LogP contribution in [0, 0.1) is 0 Å². The van der Waals surface area contributed by atoms with E-state index in [1.54, 1.807) is 13.8 Å². The van der Waals surface area contributed by atoms with E-state index in [1.807, 2.05) is 20.8 Å². The van der Waals surface area contributed by atoms with Gasteiger partial charge in [-0.2, -0.15) is 0 Å². The first-order valence-electron chi connectivity index (χ1n) is 7.21. The molecular formula is C15H24N2O4S. The molecular weight excluding hydrogens is 304 g/mol. The maximum atomic E-state index is 12.1. The Morgan fingerprint density at radius 1 is 1.14 bits per heavy atom. The lowest BCUT2D eigenvalue weighted by atomic mass is 10.1. The SMILES string of the molecule is CCOC(=O)c1sc(N)c(C(=O)OCC)c1CNC(C)(C)C. The second-order valence-corrected chi connectivity index (χ2v) is 6.75. The molecule has 1 aromatic rings. The van der Waals surface area contributed by atoms with Crippen molar-refractivity contribution in [2.75, 3.05) is 18.9 Å². The predicted octanol–water partition coefficient (Wildman–Crippen LogP) is 2.57. The average molecular weight is 328 g/mol. The summed E-state index contributed by atoms with van der Waals surface area (Å²) in [4.78, 5) is 24.6. The van der Waals surface area contributed by atoms with E-state index in [9.17, 15) is 9.59 Å². The highest BCUT2D eigenvalue weighted by Crippen LogP contribution is 2.32. The van der Waals surface area contributed by atoms with Crippen LogP contribution in [-0.4, -0.2) is 30.7 Å². The van der Waals surface area contributed by atoms with E-state index in [-0.39, 0.29) is 29.3 Å². The van der Waals surface area contributed by atoms with Crippen LogP contribution in [0.1, 0.15) is 60.2 Å². The average Bonchev–Trinajstić information content (AvgIpc) is 2.73. The van der Waals surface area contributed by atoms with Gasteiger partial charge < -0.3 is 20.5 Å². The van der Waals surface area contributed by atoms with Crippen LogP contribution in [0.2, 0.25) is 0 Å².